The summed E-state index contributed by atoms with van der Waals surface area (Å²) in [4.78, 5) is 38.2. The van der Waals surface area contributed by atoms with Gasteiger partial charge in [-0.3, -0.25) is 14.4 Å². The molecule has 0 aliphatic carbocycles. The van der Waals surface area contributed by atoms with Crippen molar-refractivity contribution in [3.8, 4) is 0 Å². The van der Waals surface area contributed by atoms with Crippen LogP contribution in [0.5, 0.6) is 0 Å². The maximum absolute atomic E-state index is 12.8. The summed E-state index contributed by atoms with van der Waals surface area (Å²) in [5.74, 6) is -0.917. The number of unbranched alkanes of at least 4 members (excludes halogenated alkanes) is 34. The molecule has 0 heterocycles. The van der Waals surface area contributed by atoms with Crippen molar-refractivity contribution in [3.05, 3.63) is 72.9 Å². The van der Waals surface area contributed by atoms with Gasteiger partial charge >= 0.3 is 17.9 Å². The Balaban J connectivity index is 4.26. The number of carbonyl (C=O) groups is 3. The Labute approximate surface area is 453 Å². The molecule has 0 aliphatic heterocycles. The van der Waals surface area contributed by atoms with Crippen LogP contribution in [0.4, 0.5) is 0 Å². The van der Waals surface area contributed by atoms with Crippen LogP contribution in [0.25, 0.3) is 0 Å². The molecule has 0 radical (unpaired) electrons. The molecule has 6 nitrogen and oxygen atoms in total. The molecule has 0 saturated heterocycles. The predicted octanol–water partition coefficient (Wildman–Crippen LogP) is 21.3. The number of hydrogen-bond acceptors (Lipinski definition) is 6. The van der Waals surface area contributed by atoms with Gasteiger partial charge in [-0.05, 0) is 89.9 Å². The standard InChI is InChI=1S/C67H118O6/c1-4-7-10-13-16-19-22-25-27-28-29-30-31-32-33-34-35-36-37-38-40-42-45-48-51-54-57-60-66(69)72-63-64(62-71-65(68)59-56-53-50-47-44-41-24-21-18-15-12-9-6-3)73-67(70)61-58-55-52-49-46-43-39-26-23-20-17-14-11-8-5-2/h8,11,17,20,22,25-26,28-29,39,46,49,64H,4-7,9-10,12-16,18-19,21,23-24,27,30-38,40-45,47-48,50-63H2,1-3H3/b11-8-,20-17-,25-22-,29-28-,39-26-,49-46-. The van der Waals surface area contributed by atoms with E-state index in [1.807, 2.05) is 0 Å². The molecule has 73 heavy (non-hydrogen) atoms. The van der Waals surface area contributed by atoms with Crippen LogP contribution >= 0.6 is 0 Å². The van der Waals surface area contributed by atoms with E-state index in [4.69, 9.17) is 14.2 Å². The van der Waals surface area contributed by atoms with E-state index in [1.165, 1.54) is 186 Å². The smallest absolute Gasteiger partial charge is 0.306 e. The second-order valence-electron chi connectivity index (χ2n) is 20.9. The summed E-state index contributed by atoms with van der Waals surface area (Å²) in [7, 11) is 0. The van der Waals surface area contributed by atoms with Crippen molar-refractivity contribution in [2.45, 2.75) is 322 Å². The molecule has 1 atom stereocenters. The van der Waals surface area contributed by atoms with Crippen LogP contribution < -0.4 is 0 Å². The van der Waals surface area contributed by atoms with Crippen LogP contribution in [-0.4, -0.2) is 37.2 Å². The highest BCUT2D eigenvalue weighted by Gasteiger charge is 2.19. The zero-order chi connectivity index (χ0) is 52.9. The Morgan fingerprint density at radius 1 is 0.288 bits per heavy atom. The van der Waals surface area contributed by atoms with E-state index in [2.05, 4.69) is 93.7 Å². The Bertz CT molecular complexity index is 1360. The van der Waals surface area contributed by atoms with Gasteiger partial charge in [0, 0.05) is 19.3 Å². The average Bonchev–Trinajstić information content (AvgIpc) is 3.39. The molecule has 0 amide bonds. The van der Waals surface area contributed by atoms with E-state index in [0.717, 1.165) is 83.5 Å². The van der Waals surface area contributed by atoms with Crippen molar-refractivity contribution in [1.29, 1.82) is 0 Å². The number of rotatable bonds is 57. The molecule has 0 saturated carbocycles. The minimum absolute atomic E-state index is 0.0887. The molecule has 0 bridgehead atoms. The molecule has 0 aromatic heterocycles. The molecular weight excluding hydrogens is 901 g/mol. The van der Waals surface area contributed by atoms with Gasteiger partial charge in [-0.15, -0.1) is 0 Å². The normalized spacial score (nSPS) is 12.5. The summed E-state index contributed by atoms with van der Waals surface area (Å²) in [6.45, 7) is 6.51. The van der Waals surface area contributed by atoms with Crippen LogP contribution in [0.2, 0.25) is 0 Å². The number of hydrogen-bond donors (Lipinski definition) is 0. The third kappa shape index (κ3) is 59.6. The molecule has 0 aromatic rings. The first-order valence-electron chi connectivity index (χ1n) is 31.4. The highest BCUT2D eigenvalue weighted by atomic mass is 16.6. The Hall–Kier alpha value is -3.15. The highest BCUT2D eigenvalue weighted by Crippen LogP contribution is 2.17. The number of carbonyl (C=O) groups excluding carboxylic acids is 3. The molecule has 422 valence electrons. The van der Waals surface area contributed by atoms with Gasteiger partial charge in [0.15, 0.2) is 6.10 Å². The van der Waals surface area contributed by atoms with Gasteiger partial charge in [0.1, 0.15) is 13.2 Å². The van der Waals surface area contributed by atoms with Crippen LogP contribution in [0.3, 0.4) is 0 Å². The molecule has 0 aromatic carbocycles. The van der Waals surface area contributed by atoms with Crippen LogP contribution in [0, 0.1) is 0 Å². The maximum atomic E-state index is 12.8. The largest absolute Gasteiger partial charge is 0.462 e. The lowest BCUT2D eigenvalue weighted by atomic mass is 10.0. The minimum Gasteiger partial charge on any atom is -0.462 e. The molecule has 6 heteroatoms. The van der Waals surface area contributed by atoms with Crippen molar-refractivity contribution in [3.63, 3.8) is 0 Å². The van der Waals surface area contributed by atoms with Crippen molar-refractivity contribution in [2.24, 2.45) is 0 Å². The topological polar surface area (TPSA) is 78.9 Å². The third-order valence-electron chi connectivity index (χ3n) is 13.7. The lowest BCUT2D eigenvalue weighted by Crippen LogP contribution is -2.30. The van der Waals surface area contributed by atoms with Gasteiger partial charge in [0.05, 0.1) is 0 Å². The molecule has 0 aliphatic rings. The van der Waals surface area contributed by atoms with Gasteiger partial charge < -0.3 is 14.2 Å². The van der Waals surface area contributed by atoms with E-state index in [-0.39, 0.29) is 37.5 Å². The van der Waals surface area contributed by atoms with Gasteiger partial charge in [0.25, 0.3) is 0 Å². The summed E-state index contributed by atoms with van der Waals surface area (Å²) in [5, 5.41) is 0. The number of ether oxygens (including phenoxy) is 3. The third-order valence-corrected chi connectivity index (χ3v) is 13.7. The second-order valence-corrected chi connectivity index (χ2v) is 20.9. The zero-order valence-electron chi connectivity index (χ0n) is 48.4. The minimum atomic E-state index is -0.795. The molecular formula is C67H118O6. The molecule has 0 spiro atoms. The summed E-state index contributed by atoms with van der Waals surface area (Å²) >= 11 is 0. The van der Waals surface area contributed by atoms with Gasteiger partial charge in [-0.1, -0.05) is 280 Å². The van der Waals surface area contributed by atoms with Crippen LogP contribution in [-0.2, 0) is 28.6 Å². The summed E-state index contributed by atoms with van der Waals surface area (Å²) < 4.78 is 16.9. The lowest BCUT2D eigenvalue weighted by molar-refractivity contribution is -0.167. The monoisotopic (exact) mass is 1020 g/mol. The van der Waals surface area contributed by atoms with E-state index in [1.54, 1.807) is 0 Å². The lowest BCUT2D eigenvalue weighted by Gasteiger charge is -2.18. The Morgan fingerprint density at radius 2 is 0.534 bits per heavy atom. The van der Waals surface area contributed by atoms with E-state index >= 15 is 0 Å². The van der Waals surface area contributed by atoms with Crippen LogP contribution in [0.1, 0.15) is 316 Å². The first kappa shape index (κ1) is 69.8. The summed E-state index contributed by atoms with van der Waals surface area (Å²) in [6.07, 6.45) is 79.2. The van der Waals surface area contributed by atoms with E-state index < -0.39 is 6.10 Å². The van der Waals surface area contributed by atoms with Gasteiger partial charge in [-0.25, -0.2) is 0 Å². The fourth-order valence-electron chi connectivity index (χ4n) is 9.00. The van der Waals surface area contributed by atoms with Gasteiger partial charge in [-0.2, -0.15) is 0 Å². The fourth-order valence-corrected chi connectivity index (χ4v) is 9.00. The molecule has 0 rings (SSSR count). The zero-order valence-corrected chi connectivity index (χ0v) is 48.4. The SMILES string of the molecule is CC/C=C\C/C=C\C/C=C\C/C=C\CCCCC(=O)OC(COC(=O)CCCCCCCCCCCCCCC)COC(=O)CCCCCCCCCCCCCCCCC/C=C\C/C=C\CCCCCCC. The molecule has 0 N–H and O–H groups in total. The molecule has 0 fully saturated rings. The average molecular weight is 1020 g/mol. The maximum Gasteiger partial charge on any atom is 0.306 e. The predicted molar refractivity (Wildman–Crippen MR) is 316 cm³/mol. The summed E-state index contributed by atoms with van der Waals surface area (Å²) in [5.41, 5.74) is 0. The van der Waals surface area contributed by atoms with Crippen LogP contribution in [0.15, 0.2) is 72.9 Å². The Kier molecular flexibility index (Phi) is 58.7. The van der Waals surface area contributed by atoms with Crippen molar-refractivity contribution in [1.82, 2.24) is 0 Å². The first-order chi connectivity index (χ1) is 36.0. The quantitative estimate of drug-likeness (QED) is 0.0261. The molecule has 1 unspecified atom stereocenters. The van der Waals surface area contributed by atoms with Crippen molar-refractivity contribution in [2.75, 3.05) is 13.2 Å². The Morgan fingerprint density at radius 3 is 0.863 bits per heavy atom. The number of esters is 3. The van der Waals surface area contributed by atoms with E-state index in [0.29, 0.717) is 19.3 Å². The van der Waals surface area contributed by atoms with Crippen molar-refractivity contribution >= 4 is 17.9 Å². The second kappa shape index (κ2) is 61.4. The van der Waals surface area contributed by atoms with E-state index in [9.17, 15) is 14.4 Å². The summed E-state index contributed by atoms with van der Waals surface area (Å²) in [6, 6.07) is 0. The first-order valence-corrected chi connectivity index (χ1v) is 31.4. The highest BCUT2D eigenvalue weighted by molar-refractivity contribution is 5.71. The fraction of sp³-hybridized carbons (Fsp3) is 0.776. The number of allylic oxidation sites excluding steroid dienone is 12. The van der Waals surface area contributed by atoms with Crippen molar-refractivity contribution < 1.29 is 28.6 Å². The van der Waals surface area contributed by atoms with Gasteiger partial charge in [0.2, 0.25) is 0 Å².